The molecule has 3 N–H and O–H groups in total. The lowest BCUT2D eigenvalue weighted by Gasteiger charge is -2.00. The Kier molecular flexibility index (Phi) is 4.76. The normalized spacial score (nSPS) is 8.69. The molecule has 0 aromatic heterocycles. The maximum atomic E-state index is 12.5. The standard InChI is InChI=1S/C6H5F2NO2.C2H6/c7-3-2-6(11-9)4(8)1-5(3)10;1-2/h1-2,10H,9H2;1-2H3. The van der Waals surface area contributed by atoms with Crippen molar-refractivity contribution in [2.75, 3.05) is 0 Å². The molecular weight excluding hydrogens is 180 g/mol. The van der Waals surface area contributed by atoms with Crippen LogP contribution in [-0.4, -0.2) is 5.11 Å². The number of rotatable bonds is 1. The van der Waals surface area contributed by atoms with E-state index < -0.39 is 23.1 Å². The smallest absolute Gasteiger partial charge is 0.185 e. The molecule has 0 amide bonds. The number of nitrogens with two attached hydrogens (primary N) is 1. The highest BCUT2D eigenvalue weighted by Crippen LogP contribution is 2.24. The first-order valence-corrected chi connectivity index (χ1v) is 3.70. The van der Waals surface area contributed by atoms with Crippen molar-refractivity contribution >= 4 is 0 Å². The second-order valence-corrected chi connectivity index (χ2v) is 1.85. The molecule has 0 radical (unpaired) electrons. The Labute approximate surface area is 74.7 Å². The van der Waals surface area contributed by atoms with Crippen LogP contribution in [0.2, 0.25) is 0 Å². The van der Waals surface area contributed by atoms with Crippen molar-refractivity contribution in [3.05, 3.63) is 23.8 Å². The molecule has 0 aliphatic rings. The minimum Gasteiger partial charge on any atom is -0.505 e. The third-order valence-corrected chi connectivity index (χ3v) is 1.13. The van der Waals surface area contributed by atoms with Gasteiger partial charge in [0.2, 0.25) is 0 Å². The summed E-state index contributed by atoms with van der Waals surface area (Å²) in [5, 5.41) is 8.61. The average Bonchev–Trinajstić information content (AvgIpc) is 2.15. The number of aromatic hydroxyl groups is 1. The highest BCUT2D eigenvalue weighted by molar-refractivity contribution is 5.33. The van der Waals surface area contributed by atoms with Crippen molar-refractivity contribution in [1.29, 1.82) is 0 Å². The highest BCUT2D eigenvalue weighted by Gasteiger charge is 2.08. The van der Waals surface area contributed by atoms with E-state index in [4.69, 9.17) is 5.11 Å². The predicted molar refractivity (Wildman–Crippen MR) is 44.2 cm³/mol. The van der Waals surface area contributed by atoms with Gasteiger partial charge in [-0.2, -0.15) is 5.90 Å². The summed E-state index contributed by atoms with van der Waals surface area (Å²) in [6, 6.07) is 1.24. The molecule has 1 rings (SSSR count). The predicted octanol–water partition coefficient (Wildman–Crippen LogP) is 1.95. The van der Waals surface area contributed by atoms with Crippen molar-refractivity contribution in [3.8, 4) is 11.5 Å². The van der Waals surface area contributed by atoms with Crippen LogP contribution in [0.25, 0.3) is 0 Å². The molecule has 0 aliphatic carbocycles. The first-order valence-electron chi connectivity index (χ1n) is 3.70. The molecule has 74 valence electrons. The van der Waals surface area contributed by atoms with Crippen LogP contribution < -0.4 is 10.7 Å². The van der Waals surface area contributed by atoms with Crippen LogP contribution in [0, 0.1) is 11.6 Å². The number of hydrogen-bond acceptors (Lipinski definition) is 3. The van der Waals surface area contributed by atoms with Crippen LogP contribution in [-0.2, 0) is 0 Å². The maximum Gasteiger partial charge on any atom is 0.185 e. The van der Waals surface area contributed by atoms with Crippen LogP contribution in [0.15, 0.2) is 12.1 Å². The first kappa shape index (κ1) is 11.6. The average molecular weight is 191 g/mol. The molecule has 0 bridgehead atoms. The van der Waals surface area contributed by atoms with Crippen LogP contribution >= 0.6 is 0 Å². The molecule has 0 saturated heterocycles. The third-order valence-electron chi connectivity index (χ3n) is 1.13. The second kappa shape index (κ2) is 5.31. The van der Waals surface area contributed by atoms with Crippen LogP contribution in [0.4, 0.5) is 8.78 Å². The Hall–Kier alpha value is -1.36. The molecule has 0 spiro atoms. The minimum atomic E-state index is -0.980. The first-order chi connectivity index (χ1) is 6.15. The Morgan fingerprint density at radius 3 is 2.23 bits per heavy atom. The lowest BCUT2D eigenvalue weighted by atomic mass is 10.3. The lowest BCUT2D eigenvalue weighted by Crippen LogP contribution is -2.04. The summed E-state index contributed by atoms with van der Waals surface area (Å²) in [6.45, 7) is 4.00. The quantitative estimate of drug-likeness (QED) is 0.667. The number of phenolic OH excluding ortho intramolecular Hbond substituents is 1. The van der Waals surface area contributed by atoms with Crippen molar-refractivity contribution in [1.82, 2.24) is 0 Å². The van der Waals surface area contributed by atoms with Crippen molar-refractivity contribution in [2.45, 2.75) is 13.8 Å². The molecule has 3 nitrogen and oxygen atoms in total. The van der Waals surface area contributed by atoms with Gasteiger partial charge in [0.1, 0.15) is 0 Å². The fraction of sp³-hybridized carbons (Fsp3) is 0.250. The van der Waals surface area contributed by atoms with Gasteiger partial charge in [0.15, 0.2) is 23.1 Å². The SMILES string of the molecule is CC.NOc1cc(F)c(O)cc1F. The van der Waals surface area contributed by atoms with E-state index in [9.17, 15) is 8.78 Å². The molecule has 1 aromatic rings. The monoisotopic (exact) mass is 191 g/mol. The van der Waals surface area contributed by atoms with Gasteiger partial charge in [-0.3, -0.25) is 0 Å². The number of phenols is 1. The van der Waals surface area contributed by atoms with E-state index in [1.807, 2.05) is 13.8 Å². The molecule has 0 atom stereocenters. The summed E-state index contributed by atoms with van der Waals surface area (Å²) in [6.07, 6.45) is 0. The van der Waals surface area contributed by atoms with Gasteiger partial charge in [-0.15, -0.1) is 0 Å². The van der Waals surface area contributed by atoms with E-state index >= 15 is 0 Å². The fourth-order valence-corrected chi connectivity index (χ4v) is 0.608. The van der Waals surface area contributed by atoms with E-state index in [1.165, 1.54) is 0 Å². The van der Waals surface area contributed by atoms with Crippen molar-refractivity contribution < 1.29 is 18.7 Å². The van der Waals surface area contributed by atoms with Gasteiger partial charge >= 0.3 is 0 Å². The van der Waals surface area contributed by atoms with E-state index in [-0.39, 0.29) is 0 Å². The molecule has 0 fully saturated rings. The summed E-state index contributed by atoms with van der Waals surface area (Å²) in [5.41, 5.74) is 0. The van der Waals surface area contributed by atoms with E-state index in [0.717, 1.165) is 0 Å². The summed E-state index contributed by atoms with van der Waals surface area (Å²) in [7, 11) is 0. The lowest BCUT2D eigenvalue weighted by molar-refractivity contribution is 0.310. The van der Waals surface area contributed by atoms with E-state index in [1.54, 1.807) is 0 Å². The number of benzene rings is 1. The Morgan fingerprint density at radius 1 is 1.23 bits per heavy atom. The number of hydrogen-bond donors (Lipinski definition) is 2. The summed E-state index contributed by atoms with van der Waals surface area (Å²) in [5.74, 6) is 1.47. The topological polar surface area (TPSA) is 55.5 Å². The molecule has 0 aliphatic heterocycles. The molecular formula is C8H11F2NO2. The maximum absolute atomic E-state index is 12.5. The van der Waals surface area contributed by atoms with E-state index in [0.29, 0.717) is 12.1 Å². The highest BCUT2D eigenvalue weighted by atomic mass is 19.1. The zero-order valence-electron chi connectivity index (χ0n) is 7.34. The molecule has 0 unspecified atom stereocenters. The third kappa shape index (κ3) is 2.87. The largest absolute Gasteiger partial charge is 0.505 e. The van der Waals surface area contributed by atoms with Gasteiger partial charge in [-0.05, 0) is 0 Å². The van der Waals surface area contributed by atoms with Crippen LogP contribution in [0.1, 0.15) is 13.8 Å². The van der Waals surface area contributed by atoms with Gasteiger partial charge in [0.25, 0.3) is 0 Å². The van der Waals surface area contributed by atoms with Gasteiger partial charge in [-0.1, -0.05) is 13.8 Å². The number of halogens is 2. The molecule has 13 heavy (non-hydrogen) atoms. The molecule has 0 saturated carbocycles. The molecule has 5 heteroatoms. The van der Waals surface area contributed by atoms with Gasteiger partial charge in [0.05, 0.1) is 0 Å². The summed E-state index contributed by atoms with van der Waals surface area (Å²) < 4.78 is 24.9. The molecule has 1 aromatic carbocycles. The second-order valence-electron chi connectivity index (χ2n) is 1.85. The Bertz CT molecular complexity index is 279. The van der Waals surface area contributed by atoms with Crippen molar-refractivity contribution in [2.24, 2.45) is 5.90 Å². The zero-order valence-corrected chi connectivity index (χ0v) is 7.34. The van der Waals surface area contributed by atoms with Crippen LogP contribution in [0.3, 0.4) is 0 Å². The summed E-state index contributed by atoms with van der Waals surface area (Å²) >= 11 is 0. The van der Waals surface area contributed by atoms with Gasteiger partial charge < -0.3 is 9.94 Å². The van der Waals surface area contributed by atoms with Gasteiger partial charge in [0, 0.05) is 12.1 Å². The Morgan fingerprint density at radius 2 is 1.77 bits per heavy atom. The minimum absolute atomic E-state index is 0.444. The Balaban J connectivity index is 0.000000671. The van der Waals surface area contributed by atoms with Gasteiger partial charge in [-0.25, -0.2) is 8.78 Å². The molecule has 0 heterocycles. The summed E-state index contributed by atoms with van der Waals surface area (Å²) in [4.78, 5) is 3.95. The fourth-order valence-electron chi connectivity index (χ4n) is 0.608. The zero-order chi connectivity index (χ0) is 10.4. The van der Waals surface area contributed by atoms with Crippen molar-refractivity contribution in [3.63, 3.8) is 0 Å². The van der Waals surface area contributed by atoms with E-state index in [2.05, 4.69) is 10.7 Å². The van der Waals surface area contributed by atoms with Crippen LogP contribution in [0.5, 0.6) is 11.5 Å².